The van der Waals surface area contributed by atoms with Gasteiger partial charge in [-0.3, -0.25) is 10.1 Å². The van der Waals surface area contributed by atoms with Gasteiger partial charge in [-0.15, -0.1) is 24.8 Å². The first-order valence-electron chi connectivity index (χ1n) is 8.75. The number of hydrogen-bond donors (Lipinski definition) is 3. The zero-order chi connectivity index (χ0) is 18.6. The third-order valence-electron chi connectivity index (χ3n) is 4.42. The molecule has 4 N–H and O–H groups in total. The first kappa shape index (κ1) is 22.9. The Hall–Kier alpha value is -2.40. The lowest BCUT2D eigenvalue weighted by atomic mass is 9.78. The highest BCUT2D eigenvalue weighted by Gasteiger charge is 2.29. The normalized spacial score (nSPS) is 17.6. The second kappa shape index (κ2) is 10.4. The van der Waals surface area contributed by atoms with Crippen molar-refractivity contribution in [3.05, 3.63) is 42.0 Å². The highest BCUT2D eigenvalue weighted by atomic mass is 35.5. The Morgan fingerprint density at radius 1 is 1.21 bits per heavy atom. The standard InChI is InChI=1S/C17H21N9O.2ClH/c1-27-9-16-22-12(10-4-11(18)5-10)6-14(23-16)21-8-15-24-17(26-25-15)13-7-19-2-3-20-13;;/h2-3,6-7,10-11H,4-5,8-9,18H2,1H3,(H,21,22,23)(H,24,25,26);2*1H. The van der Waals surface area contributed by atoms with Gasteiger partial charge >= 0.3 is 0 Å². The lowest BCUT2D eigenvalue weighted by Crippen LogP contribution is -2.35. The van der Waals surface area contributed by atoms with E-state index >= 15 is 0 Å². The van der Waals surface area contributed by atoms with Crippen LogP contribution in [0.1, 0.15) is 36.1 Å². The minimum absolute atomic E-state index is 0. The van der Waals surface area contributed by atoms with Crippen molar-refractivity contribution < 1.29 is 4.74 Å². The number of hydrogen-bond acceptors (Lipinski definition) is 9. The number of methoxy groups -OCH3 is 1. The molecule has 1 saturated carbocycles. The first-order chi connectivity index (χ1) is 13.2. The van der Waals surface area contributed by atoms with Gasteiger partial charge in [0.2, 0.25) is 5.82 Å². The Labute approximate surface area is 180 Å². The van der Waals surface area contributed by atoms with Crippen LogP contribution < -0.4 is 11.1 Å². The predicted molar refractivity (Wildman–Crippen MR) is 112 cm³/mol. The molecule has 3 aromatic rings. The number of rotatable bonds is 7. The molecule has 0 radical (unpaired) electrons. The third kappa shape index (κ3) is 5.57. The molecule has 0 amide bonds. The van der Waals surface area contributed by atoms with Crippen LogP contribution in [0.4, 0.5) is 5.82 Å². The Morgan fingerprint density at radius 3 is 2.72 bits per heavy atom. The van der Waals surface area contributed by atoms with Crippen LogP contribution in [0.2, 0.25) is 0 Å². The van der Waals surface area contributed by atoms with E-state index in [9.17, 15) is 0 Å². The maximum absolute atomic E-state index is 5.91. The van der Waals surface area contributed by atoms with E-state index in [1.165, 1.54) is 0 Å². The second-order valence-electron chi connectivity index (χ2n) is 6.51. The largest absolute Gasteiger partial charge is 0.377 e. The first-order valence-corrected chi connectivity index (χ1v) is 8.75. The summed E-state index contributed by atoms with van der Waals surface area (Å²) in [5.41, 5.74) is 7.53. The molecular weight excluding hydrogens is 417 g/mol. The van der Waals surface area contributed by atoms with E-state index in [1.54, 1.807) is 25.7 Å². The van der Waals surface area contributed by atoms with Crippen molar-refractivity contribution in [2.75, 3.05) is 12.4 Å². The van der Waals surface area contributed by atoms with Crippen LogP contribution in [0.3, 0.4) is 0 Å². The molecule has 0 aromatic carbocycles. The van der Waals surface area contributed by atoms with E-state index in [1.807, 2.05) is 6.07 Å². The Bertz CT molecular complexity index is 903. The second-order valence-corrected chi connectivity index (χ2v) is 6.51. The van der Waals surface area contributed by atoms with Gasteiger partial charge in [0, 0.05) is 43.2 Å². The van der Waals surface area contributed by atoms with Crippen molar-refractivity contribution in [3.63, 3.8) is 0 Å². The van der Waals surface area contributed by atoms with Gasteiger partial charge in [0.05, 0.1) is 12.7 Å². The topological polar surface area (TPSA) is 140 Å². The molecule has 156 valence electrons. The van der Waals surface area contributed by atoms with Crippen LogP contribution in [0.5, 0.6) is 0 Å². The third-order valence-corrected chi connectivity index (χ3v) is 4.42. The summed E-state index contributed by atoms with van der Waals surface area (Å²) in [6.45, 7) is 0.806. The van der Waals surface area contributed by atoms with Gasteiger partial charge in [-0.2, -0.15) is 5.10 Å². The summed E-state index contributed by atoms with van der Waals surface area (Å²) in [5, 5.41) is 10.4. The van der Waals surface area contributed by atoms with Gasteiger partial charge in [0.1, 0.15) is 23.9 Å². The number of H-pyrrole nitrogens is 1. The van der Waals surface area contributed by atoms with Gasteiger partial charge < -0.3 is 15.8 Å². The molecule has 0 aliphatic heterocycles. The predicted octanol–water partition coefficient (Wildman–Crippen LogP) is 1.86. The smallest absolute Gasteiger partial charge is 0.201 e. The van der Waals surface area contributed by atoms with E-state index in [0.29, 0.717) is 42.2 Å². The highest BCUT2D eigenvalue weighted by molar-refractivity contribution is 5.85. The van der Waals surface area contributed by atoms with E-state index in [4.69, 9.17) is 10.5 Å². The molecule has 0 unspecified atom stereocenters. The highest BCUT2D eigenvalue weighted by Crippen LogP contribution is 2.35. The SMILES string of the molecule is COCc1nc(NCc2nc(-c3cnccn3)n[nH]2)cc(C2CC(N)C2)n1.Cl.Cl. The summed E-state index contributed by atoms with van der Waals surface area (Å²) in [7, 11) is 1.63. The lowest BCUT2D eigenvalue weighted by Gasteiger charge is -2.32. The average molecular weight is 440 g/mol. The molecule has 3 aromatic heterocycles. The minimum Gasteiger partial charge on any atom is -0.377 e. The number of anilines is 1. The summed E-state index contributed by atoms with van der Waals surface area (Å²) >= 11 is 0. The fourth-order valence-corrected chi connectivity index (χ4v) is 2.99. The maximum atomic E-state index is 5.91. The summed E-state index contributed by atoms with van der Waals surface area (Å²) in [6, 6.07) is 2.23. The van der Waals surface area contributed by atoms with Crippen molar-refractivity contribution >= 4 is 30.6 Å². The van der Waals surface area contributed by atoms with Gasteiger partial charge in [-0.1, -0.05) is 0 Å². The molecule has 0 saturated heterocycles. The average Bonchev–Trinajstić information content (AvgIpc) is 3.14. The molecule has 1 aliphatic rings. The van der Waals surface area contributed by atoms with Crippen molar-refractivity contribution in [1.82, 2.24) is 35.1 Å². The molecular formula is C17H23Cl2N9O. The van der Waals surface area contributed by atoms with Gasteiger partial charge in [0.15, 0.2) is 5.82 Å². The molecule has 29 heavy (non-hydrogen) atoms. The number of aromatic nitrogens is 7. The molecule has 0 bridgehead atoms. The molecule has 0 atom stereocenters. The maximum Gasteiger partial charge on any atom is 0.201 e. The van der Waals surface area contributed by atoms with Crippen LogP contribution in [0.15, 0.2) is 24.7 Å². The molecule has 10 nitrogen and oxygen atoms in total. The van der Waals surface area contributed by atoms with E-state index in [0.717, 1.165) is 24.4 Å². The lowest BCUT2D eigenvalue weighted by molar-refractivity contribution is 0.177. The van der Waals surface area contributed by atoms with Gasteiger partial charge in [-0.05, 0) is 12.8 Å². The number of nitrogens with one attached hydrogen (secondary N) is 2. The fourth-order valence-electron chi connectivity index (χ4n) is 2.99. The Balaban J connectivity index is 0.00000150. The molecule has 1 aliphatic carbocycles. The van der Waals surface area contributed by atoms with Crippen molar-refractivity contribution in [1.29, 1.82) is 0 Å². The summed E-state index contributed by atoms with van der Waals surface area (Å²) in [5.74, 6) is 2.94. The Kier molecular flexibility index (Phi) is 8.21. The zero-order valence-electron chi connectivity index (χ0n) is 15.8. The molecule has 3 heterocycles. The zero-order valence-corrected chi connectivity index (χ0v) is 17.4. The van der Waals surface area contributed by atoms with E-state index in [2.05, 4.69) is 40.4 Å². The minimum atomic E-state index is 0. The van der Waals surface area contributed by atoms with Crippen LogP contribution in [0.25, 0.3) is 11.5 Å². The number of ether oxygens (including phenoxy) is 1. The van der Waals surface area contributed by atoms with Crippen molar-refractivity contribution in [3.8, 4) is 11.5 Å². The van der Waals surface area contributed by atoms with Crippen LogP contribution in [0, 0.1) is 0 Å². The molecule has 12 heteroatoms. The Morgan fingerprint density at radius 2 is 2.03 bits per heavy atom. The summed E-state index contributed by atoms with van der Waals surface area (Å²) < 4.78 is 5.19. The molecule has 0 spiro atoms. The number of aromatic amines is 1. The number of halogens is 2. The van der Waals surface area contributed by atoms with Crippen LogP contribution in [-0.4, -0.2) is 48.3 Å². The van der Waals surface area contributed by atoms with E-state index in [-0.39, 0.29) is 30.9 Å². The van der Waals surface area contributed by atoms with Crippen molar-refractivity contribution in [2.24, 2.45) is 5.73 Å². The fraction of sp³-hybridized carbons (Fsp3) is 0.412. The molecule has 1 fully saturated rings. The summed E-state index contributed by atoms with van der Waals surface area (Å²) in [4.78, 5) is 21.7. The van der Waals surface area contributed by atoms with E-state index < -0.39 is 0 Å². The quantitative estimate of drug-likeness (QED) is 0.502. The summed E-state index contributed by atoms with van der Waals surface area (Å²) in [6.07, 6.45) is 6.74. The van der Waals surface area contributed by atoms with Crippen LogP contribution >= 0.6 is 24.8 Å². The molecule has 4 rings (SSSR count). The van der Waals surface area contributed by atoms with Crippen molar-refractivity contribution in [2.45, 2.75) is 38.0 Å². The monoisotopic (exact) mass is 439 g/mol. The van der Waals surface area contributed by atoms with Gasteiger partial charge in [0.25, 0.3) is 0 Å². The van der Waals surface area contributed by atoms with Gasteiger partial charge in [-0.25, -0.2) is 19.9 Å². The number of nitrogens with zero attached hydrogens (tertiary/aromatic N) is 6. The van der Waals surface area contributed by atoms with Crippen LogP contribution in [-0.2, 0) is 17.9 Å². The number of nitrogens with two attached hydrogens (primary N) is 1.